The second-order valence-electron chi connectivity index (χ2n) is 14.0. The van der Waals surface area contributed by atoms with Gasteiger partial charge in [0.1, 0.15) is 19.3 Å². The summed E-state index contributed by atoms with van der Waals surface area (Å²) in [4.78, 5) is 34.0. The Morgan fingerprint density at radius 3 is 1.89 bits per heavy atom. The van der Waals surface area contributed by atoms with Gasteiger partial charge in [0.15, 0.2) is 17.5 Å². The van der Waals surface area contributed by atoms with Crippen molar-refractivity contribution in [3.8, 4) is 11.5 Å². The summed E-state index contributed by atoms with van der Waals surface area (Å²) in [6.07, 6.45) is 0.0526. The fourth-order valence-corrected chi connectivity index (χ4v) is 7.03. The van der Waals surface area contributed by atoms with E-state index in [0.717, 1.165) is 36.1 Å². The van der Waals surface area contributed by atoms with Crippen molar-refractivity contribution in [2.75, 3.05) is 11.9 Å². The zero-order chi connectivity index (χ0) is 39.4. The molecule has 6 aromatic rings. The highest BCUT2D eigenvalue weighted by atomic mass is 16.5. The SMILES string of the molecule is O=C(O)[C@@H](N=C(c1ccccc1)c1ccccc1NC(=O)[C@H]1CCCN1Cc1ccccc1)[C@H](O)c1ccc(OCc2ccccc2)c(OCc2ccccc2)c1. The molecule has 6 aromatic carbocycles. The van der Waals surface area contributed by atoms with Gasteiger partial charge in [-0.3, -0.25) is 14.7 Å². The maximum Gasteiger partial charge on any atom is 0.331 e. The van der Waals surface area contributed by atoms with Gasteiger partial charge in [0.05, 0.1) is 17.4 Å². The highest BCUT2D eigenvalue weighted by molar-refractivity contribution is 6.17. The smallest absolute Gasteiger partial charge is 0.331 e. The number of nitrogens with zero attached hydrogens (tertiary/aromatic N) is 2. The van der Waals surface area contributed by atoms with E-state index in [1.54, 1.807) is 30.3 Å². The Bertz CT molecular complexity index is 2270. The molecule has 1 amide bonds. The van der Waals surface area contributed by atoms with E-state index in [4.69, 9.17) is 14.5 Å². The average molecular weight is 760 g/mol. The van der Waals surface area contributed by atoms with E-state index in [1.165, 1.54) is 0 Å². The predicted octanol–water partition coefficient (Wildman–Crippen LogP) is 8.47. The molecule has 0 aliphatic carbocycles. The van der Waals surface area contributed by atoms with Gasteiger partial charge in [-0.1, -0.05) is 146 Å². The lowest BCUT2D eigenvalue weighted by atomic mass is 9.97. The van der Waals surface area contributed by atoms with E-state index in [0.29, 0.717) is 40.6 Å². The zero-order valence-electron chi connectivity index (χ0n) is 31.5. The summed E-state index contributed by atoms with van der Waals surface area (Å²) in [5, 5.41) is 25.6. The number of benzene rings is 6. The van der Waals surface area contributed by atoms with E-state index < -0.39 is 18.1 Å². The normalized spacial score (nSPS) is 15.4. The number of carboxylic acid groups (broad SMARTS) is 1. The minimum Gasteiger partial charge on any atom is -0.485 e. The third kappa shape index (κ3) is 10.0. The summed E-state index contributed by atoms with van der Waals surface area (Å²) < 4.78 is 12.4. The molecule has 0 radical (unpaired) electrons. The molecule has 1 aliphatic heterocycles. The average Bonchev–Trinajstić information content (AvgIpc) is 3.72. The molecule has 3 N–H and O–H groups in total. The minimum absolute atomic E-state index is 0.143. The number of anilines is 1. The molecule has 1 fully saturated rings. The van der Waals surface area contributed by atoms with Crippen LogP contribution in [0.5, 0.6) is 11.5 Å². The second kappa shape index (κ2) is 18.9. The van der Waals surface area contributed by atoms with Crippen LogP contribution in [0, 0.1) is 0 Å². The highest BCUT2D eigenvalue weighted by Gasteiger charge is 2.33. The van der Waals surface area contributed by atoms with E-state index in [-0.39, 0.29) is 30.7 Å². The Hall–Kier alpha value is -6.55. The summed E-state index contributed by atoms with van der Waals surface area (Å²) in [6.45, 7) is 1.99. The molecule has 0 bridgehead atoms. The first-order chi connectivity index (χ1) is 27.9. The minimum atomic E-state index is -1.63. The van der Waals surface area contributed by atoms with E-state index in [2.05, 4.69) is 22.3 Å². The van der Waals surface area contributed by atoms with Crippen molar-refractivity contribution in [3.05, 3.63) is 197 Å². The molecule has 288 valence electrons. The first-order valence-corrected chi connectivity index (χ1v) is 19.1. The van der Waals surface area contributed by atoms with Gasteiger partial charge in [0.2, 0.25) is 5.91 Å². The summed E-state index contributed by atoms with van der Waals surface area (Å²) in [6, 6.07) is 48.8. The molecule has 0 unspecified atom stereocenters. The van der Waals surface area contributed by atoms with Crippen LogP contribution in [0.2, 0.25) is 0 Å². The van der Waals surface area contributed by atoms with Crippen LogP contribution in [0.4, 0.5) is 5.69 Å². The number of rotatable bonds is 16. The Kier molecular flexibility index (Phi) is 12.8. The van der Waals surface area contributed by atoms with Gasteiger partial charge >= 0.3 is 5.97 Å². The number of hydrogen-bond donors (Lipinski definition) is 3. The molecule has 57 heavy (non-hydrogen) atoms. The number of ether oxygens (including phenoxy) is 2. The molecule has 1 saturated heterocycles. The number of carbonyl (C=O) groups is 2. The van der Waals surface area contributed by atoms with Crippen LogP contribution in [0.25, 0.3) is 0 Å². The number of aliphatic carboxylic acids is 1. The lowest BCUT2D eigenvalue weighted by molar-refractivity contribution is -0.141. The van der Waals surface area contributed by atoms with Crippen molar-refractivity contribution >= 4 is 23.3 Å². The van der Waals surface area contributed by atoms with Gasteiger partial charge in [-0.15, -0.1) is 0 Å². The highest BCUT2D eigenvalue weighted by Crippen LogP contribution is 2.34. The van der Waals surface area contributed by atoms with Crippen LogP contribution in [-0.4, -0.2) is 51.3 Å². The summed E-state index contributed by atoms with van der Waals surface area (Å²) in [5.74, 6) is -0.670. The molecule has 1 heterocycles. The molecule has 0 spiro atoms. The molecular weight excluding hydrogens is 715 g/mol. The quantitative estimate of drug-likeness (QED) is 0.0847. The third-order valence-electron chi connectivity index (χ3n) is 9.99. The number of aliphatic hydroxyl groups excluding tert-OH is 1. The molecule has 3 atom stereocenters. The van der Waals surface area contributed by atoms with E-state index in [1.807, 2.05) is 121 Å². The fraction of sp³-hybridized carbons (Fsp3) is 0.188. The van der Waals surface area contributed by atoms with Crippen molar-refractivity contribution < 1.29 is 29.3 Å². The van der Waals surface area contributed by atoms with Gasteiger partial charge < -0.3 is 25.0 Å². The fourth-order valence-electron chi connectivity index (χ4n) is 7.03. The van der Waals surface area contributed by atoms with Crippen molar-refractivity contribution in [2.24, 2.45) is 4.99 Å². The summed E-state index contributed by atoms with van der Waals surface area (Å²) >= 11 is 0. The van der Waals surface area contributed by atoms with Gasteiger partial charge in [-0.25, -0.2) is 4.79 Å². The van der Waals surface area contributed by atoms with Gasteiger partial charge in [0.25, 0.3) is 0 Å². The van der Waals surface area contributed by atoms with Crippen LogP contribution >= 0.6 is 0 Å². The van der Waals surface area contributed by atoms with Gasteiger partial charge in [-0.05, 0) is 59.8 Å². The predicted molar refractivity (Wildman–Crippen MR) is 221 cm³/mol. The van der Waals surface area contributed by atoms with Crippen LogP contribution in [0.15, 0.2) is 169 Å². The molecule has 9 heteroatoms. The standard InChI is InChI=1S/C48H45N3O6/c52-46(38-27-28-42(56-32-35-18-7-2-8-19-35)43(30-38)57-33-36-20-9-3-10-21-36)45(48(54)55)50-44(37-22-11-4-12-23-37)39-24-13-14-25-40(39)49-47(53)41-26-15-29-51(41)31-34-16-5-1-6-17-34/h1-14,16-25,27-28,30,41,45-46,52H,15,26,29,31-33H2,(H,49,53)(H,54,55)/t41-,45+,46-/m1/s1. The number of aliphatic imine (C=N–C) groups is 1. The third-order valence-corrected chi connectivity index (χ3v) is 9.99. The second-order valence-corrected chi connectivity index (χ2v) is 14.0. The number of likely N-dealkylation sites (tertiary alicyclic amines) is 1. The maximum absolute atomic E-state index is 13.9. The molecule has 0 aromatic heterocycles. The first kappa shape index (κ1) is 38.7. The van der Waals surface area contributed by atoms with Crippen molar-refractivity contribution in [2.45, 2.75) is 50.8 Å². The summed E-state index contributed by atoms with van der Waals surface area (Å²) in [5.41, 5.74) is 5.28. The Morgan fingerprint density at radius 2 is 1.26 bits per heavy atom. The van der Waals surface area contributed by atoms with Crippen LogP contribution in [-0.2, 0) is 29.3 Å². The molecule has 9 nitrogen and oxygen atoms in total. The Morgan fingerprint density at radius 1 is 0.702 bits per heavy atom. The van der Waals surface area contributed by atoms with Crippen molar-refractivity contribution in [1.29, 1.82) is 0 Å². The molecule has 0 saturated carbocycles. The maximum atomic E-state index is 13.9. The zero-order valence-corrected chi connectivity index (χ0v) is 31.5. The number of carboxylic acids is 1. The Labute approximate surface area is 332 Å². The topological polar surface area (TPSA) is 121 Å². The number of amides is 1. The lowest BCUT2D eigenvalue weighted by Crippen LogP contribution is -2.39. The van der Waals surface area contributed by atoms with Crippen molar-refractivity contribution in [1.82, 2.24) is 4.90 Å². The van der Waals surface area contributed by atoms with E-state index >= 15 is 0 Å². The summed E-state index contributed by atoms with van der Waals surface area (Å²) in [7, 11) is 0. The number of hydrogen-bond acceptors (Lipinski definition) is 7. The van der Waals surface area contributed by atoms with Crippen molar-refractivity contribution in [3.63, 3.8) is 0 Å². The van der Waals surface area contributed by atoms with Crippen LogP contribution < -0.4 is 14.8 Å². The molecule has 7 rings (SSSR count). The Balaban J connectivity index is 1.19. The number of para-hydroxylation sites is 1. The van der Waals surface area contributed by atoms with E-state index in [9.17, 15) is 19.8 Å². The number of aliphatic hydroxyl groups is 1. The largest absolute Gasteiger partial charge is 0.485 e. The van der Waals surface area contributed by atoms with Gasteiger partial charge in [0, 0.05) is 17.7 Å². The molecule has 1 aliphatic rings. The number of carbonyl (C=O) groups excluding carboxylic acids is 1. The molecular formula is C48H45N3O6. The first-order valence-electron chi connectivity index (χ1n) is 19.1. The monoisotopic (exact) mass is 759 g/mol. The van der Waals surface area contributed by atoms with Crippen LogP contribution in [0.3, 0.4) is 0 Å². The van der Waals surface area contributed by atoms with Crippen LogP contribution in [0.1, 0.15) is 52.3 Å². The van der Waals surface area contributed by atoms with Gasteiger partial charge in [-0.2, -0.15) is 0 Å². The number of nitrogens with one attached hydrogen (secondary N) is 1. The lowest BCUT2D eigenvalue weighted by Gasteiger charge is -2.25.